The highest BCUT2D eigenvalue weighted by molar-refractivity contribution is 7.71. The van der Waals surface area contributed by atoms with Crippen LogP contribution in [0.1, 0.15) is 18.9 Å². The highest BCUT2D eigenvalue weighted by atomic mass is 32.1. The van der Waals surface area contributed by atoms with Gasteiger partial charge in [0.25, 0.3) is 0 Å². The minimum absolute atomic E-state index is 0.628. The van der Waals surface area contributed by atoms with Crippen molar-refractivity contribution in [3.63, 3.8) is 0 Å². The van der Waals surface area contributed by atoms with Crippen molar-refractivity contribution < 1.29 is 0 Å². The standard InChI is InChI=1S/C9H9N3S/c13-9-11-7-5-10-4-3-8(7)12(9)6-1-2-6/h3-6H,1-2H2,(H,11,13). The summed E-state index contributed by atoms with van der Waals surface area (Å²) in [6, 6.07) is 2.64. The molecule has 0 aliphatic heterocycles. The number of nitrogens with zero attached hydrogens (tertiary/aromatic N) is 2. The summed E-state index contributed by atoms with van der Waals surface area (Å²) in [5, 5.41) is 0. The Morgan fingerprint density at radius 1 is 1.54 bits per heavy atom. The van der Waals surface area contributed by atoms with E-state index in [0.29, 0.717) is 6.04 Å². The molecule has 2 heterocycles. The van der Waals surface area contributed by atoms with Gasteiger partial charge in [-0.25, -0.2) is 0 Å². The van der Waals surface area contributed by atoms with Gasteiger partial charge >= 0.3 is 0 Å². The van der Waals surface area contributed by atoms with Gasteiger partial charge in [-0.2, -0.15) is 0 Å². The Balaban J connectivity index is 2.41. The van der Waals surface area contributed by atoms with Crippen molar-refractivity contribution in [2.45, 2.75) is 18.9 Å². The quantitative estimate of drug-likeness (QED) is 0.702. The molecule has 0 radical (unpaired) electrons. The maximum Gasteiger partial charge on any atom is 0.178 e. The highest BCUT2D eigenvalue weighted by Crippen LogP contribution is 2.37. The molecule has 0 spiro atoms. The zero-order valence-corrected chi connectivity index (χ0v) is 7.84. The fraction of sp³-hybridized carbons (Fsp3) is 0.333. The van der Waals surface area contributed by atoms with Gasteiger partial charge in [-0.1, -0.05) is 0 Å². The lowest BCUT2D eigenvalue weighted by Crippen LogP contribution is -1.92. The molecule has 13 heavy (non-hydrogen) atoms. The number of H-pyrrole nitrogens is 1. The first-order chi connectivity index (χ1) is 6.36. The van der Waals surface area contributed by atoms with E-state index in [4.69, 9.17) is 12.2 Å². The largest absolute Gasteiger partial charge is 0.329 e. The molecule has 66 valence electrons. The monoisotopic (exact) mass is 191 g/mol. The average Bonchev–Trinajstić information content (AvgIpc) is 2.88. The van der Waals surface area contributed by atoms with E-state index in [2.05, 4.69) is 14.5 Å². The Bertz CT molecular complexity index is 507. The number of aromatic nitrogens is 3. The van der Waals surface area contributed by atoms with Crippen LogP contribution < -0.4 is 0 Å². The molecule has 1 aliphatic carbocycles. The van der Waals surface area contributed by atoms with Gasteiger partial charge in [0.2, 0.25) is 0 Å². The SMILES string of the molecule is S=c1[nH]c2cnccc2n1C1CC1. The molecule has 1 N–H and O–H groups in total. The van der Waals surface area contributed by atoms with Crippen molar-refractivity contribution in [2.24, 2.45) is 0 Å². The van der Waals surface area contributed by atoms with E-state index >= 15 is 0 Å². The van der Waals surface area contributed by atoms with Crippen LogP contribution >= 0.6 is 12.2 Å². The lowest BCUT2D eigenvalue weighted by atomic mass is 10.4. The summed E-state index contributed by atoms with van der Waals surface area (Å²) >= 11 is 5.25. The first-order valence-electron chi connectivity index (χ1n) is 4.40. The summed E-state index contributed by atoms with van der Waals surface area (Å²) in [6.45, 7) is 0. The minimum Gasteiger partial charge on any atom is -0.329 e. The molecule has 1 saturated carbocycles. The molecule has 1 aliphatic rings. The first kappa shape index (κ1) is 7.26. The fourth-order valence-electron chi connectivity index (χ4n) is 1.67. The van der Waals surface area contributed by atoms with Crippen molar-refractivity contribution in [1.82, 2.24) is 14.5 Å². The number of hydrogen-bond acceptors (Lipinski definition) is 2. The van der Waals surface area contributed by atoms with E-state index < -0.39 is 0 Å². The van der Waals surface area contributed by atoms with Crippen LogP contribution in [0.2, 0.25) is 0 Å². The maximum absolute atomic E-state index is 5.25. The second-order valence-corrected chi connectivity index (χ2v) is 3.81. The van der Waals surface area contributed by atoms with Crippen LogP contribution in [-0.4, -0.2) is 14.5 Å². The number of rotatable bonds is 1. The first-order valence-corrected chi connectivity index (χ1v) is 4.81. The summed E-state index contributed by atoms with van der Waals surface area (Å²) in [5.41, 5.74) is 2.22. The van der Waals surface area contributed by atoms with Gasteiger partial charge in [0, 0.05) is 12.2 Å². The number of aromatic amines is 1. The van der Waals surface area contributed by atoms with Crippen molar-refractivity contribution in [3.8, 4) is 0 Å². The van der Waals surface area contributed by atoms with Crippen LogP contribution in [0, 0.1) is 4.77 Å². The molecule has 2 aromatic rings. The van der Waals surface area contributed by atoms with Crippen LogP contribution in [0.25, 0.3) is 11.0 Å². The van der Waals surface area contributed by atoms with E-state index in [1.54, 1.807) is 0 Å². The molecular formula is C9H9N3S. The summed E-state index contributed by atoms with van der Waals surface area (Å²) in [6.07, 6.45) is 6.14. The lowest BCUT2D eigenvalue weighted by Gasteiger charge is -1.98. The van der Waals surface area contributed by atoms with Crippen molar-refractivity contribution in [1.29, 1.82) is 0 Å². The molecule has 0 aromatic carbocycles. The zero-order chi connectivity index (χ0) is 8.84. The lowest BCUT2D eigenvalue weighted by molar-refractivity contribution is 0.753. The predicted octanol–water partition coefficient (Wildman–Crippen LogP) is 2.43. The number of hydrogen-bond donors (Lipinski definition) is 1. The Labute approximate surface area is 80.4 Å². The molecule has 0 bridgehead atoms. The van der Waals surface area contributed by atoms with E-state index in [1.807, 2.05) is 18.5 Å². The van der Waals surface area contributed by atoms with Gasteiger partial charge in [-0.05, 0) is 31.1 Å². The Morgan fingerprint density at radius 2 is 2.38 bits per heavy atom. The Morgan fingerprint density at radius 3 is 3.15 bits per heavy atom. The van der Waals surface area contributed by atoms with Gasteiger partial charge in [0.15, 0.2) is 4.77 Å². The van der Waals surface area contributed by atoms with Gasteiger partial charge in [-0.15, -0.1) is 0 Å². The third-order valence-electron chi connectivity index (χ3n) is 2.43. The number of imidazole rings is 1. The van der Waals surface area contributed by atoms with E-state index in [-0.39, 0.29) is 0 Å². The summed E-state index contributed by atoms with van der Waals surface area (Å²) in [7, 11) is 0. The topological polar surface area (TPSA) is 33.6 Å². The maximum atomic E-state index is 5.25. The normalized spacial score (nSPS) is 16.6. The Kier molecular flexibility index (Phi) is 1.35. The van der Waals surface area contributed by atoms with E-state index in [9.17, 15) is 0 Å². The van der Waals surface area contributed by atoms with Gasteiger partial charge < -0.3 is 9.55 Å². The minimum atomic E-state index is 0.628. The average molecular weight is 191 g/mol. The van der Waals surface area contributed by atoms with Crippen molar-refractivity contribution >= 4 is 23.3 Å². The molecule has 2 aromatic heterocycles. The molecule has 4 heteroatoms. The molecule has 0 unspecified atom stereocenters. The number of fused-ring (bicyclic) bond motifs is 1. The van der Waals surface area contributed by atoms with Gasteiger partial charge in [0.1, 0.15) is 0 Å². The van der Waals surface area contributed by atoms with Crippen LogP contribution in [0.4, 0.5) is 0 Å². The fourth-order valence-corrected chi connectivity index (χ4v) is 2.03. The smallest absolute Gasteiger partial charge is 0.178 e. The molecular weight excluding hydrogens is 182 g/mol. The summed E-state index contributed by atoms with van der Waals surface area (Å²) in [4.78, 5) is 7.22. The number of pyridine rings is 1. The third-order valence-corrected chi connectivity index (χ3v) is 2.73. The Hall–Kier alpha value is -1.16. The third kappa shape index (κ3) is 1.02. The van der Waals surface area contributed by atoms with E-state index in [1.165, 1.54) is 18.4 Å². The molecule has 3 nitrogen and oxygen atoms in total. The molecule has 0 amide bonds. The van der Waals surface area contributed by atoms with Crippen LogP contribution in [0.5, 0.6) is 0 Å². The summed E-state index contributed by atoms with van der Waals surface area (Å²) < 4.78 is 3.03. The number of nitrogens with one attached hydrogen (secondary N) is 1. The zero-order valence-electron chi connectivity index (χ0n) is 7.03. The van der Waals surface area contributed by atoms with E-state index in [0.717, 1.165) is 10.3 Å². The van der Waals surface area contributed by atoms with Crippen molar-refractivity contribution in [2.75, 3.05) is 0 Å². The molecule has 1 fully saturated rings. The van der Waals surface area contributed by atoms with Gasteiger partial charge in [-0.3, -0.25) is 4.98 Å². The molecule has 0 atom stereocenters. The van der Waals surface area contributed by atoms with Gasteiger partial charge in [0.05, 0.1) is 17.2 Å². The molecule has 0 saturated heterocycles. The molecule has 3 rings (SSSR count). The van der Waals surface area contributed by atoms with Crippen LogP contribution in [-0.2, 0) is 0 Å². The predicted molar refractivity (Wildman–Crippen MR) is 53.2 cm³/mol. The van der Waals surface area contributed by atoms with Crippen LogP contribution in [0.3, 0.4) is 0 Å². The van der Waals surface area contributed by atoms with Crippen molar-refractivity contribution in [3.05, 3.63) is 23.2 Å². The second-order valence-electron chi connectivity index (χ2n) is 3.42. The second kappa shape index (κ2) is 2.42. The van der Waals surface area contributed by atoms with Crippen LogP contribution in [0.15, 0.2) is 18.5 Å². The highest BCUT2D eigenvalue weighted by Gasteiger charge is 2.25. The summed E-state index contributed by atoms with van der Waals surface area (Å²) in [5.74, 6) is 0.